The van der Waals surface area contributed by atoms with Gasteiger partial charge in [0.25, 0.3) is 5.91 Å². The van der Waals surface area contributed by atoms with E-state index >= 15 is 0 Å². The number of nitrogens with zero attached hydrogens (tertiary/aromatic N) is 5. The van der Waals surface area contributed by atoms with Crippen LogP contribution in [0.15, 0.2) is 48.9 Å². The van der Waals surface area contributed by atoms with Crippen molar-refractivity contribution in [3.05, 3.63) is 71.6 Å². The van der Waals surface area contributed by atoms with Crippen LogP contribution in [0.4, 0.5) is 16.0 Å². The number of benzene rings is 1. The fraction of sp³-hybridized carbons (Fsp3) is 0.200. The minimum absolute atomic E-state index is 0.0496. The molecule has 10 heteroatoms. The van der Waals surface area contributed by atoms with E-state index in [-0.39, 0.29) is 29.1 Å². The molecule has 9 nitrogen and oxygen atoms in total. The fourth-order valence-corrected chi connectivity index (χ4v) is 3.95. The second kappa shape index (κ2) is 8.95. The third-order valence-corrected chi connectivity index (χ3v) is 5.79. The van der Waals surface area contributed by atoms with Crippen LogP contribution in [-0.4, -0.2) is 31.9 Å². The molecule has 3 aromatic heterocycles. The van der Waals surface area contributed by atoms with Crippen LogP contribution in [0.3, 0.4) is 0 Å². The summed E-state index contributed by atoms with van der Waals surface area (Å²) in [7, 11) is 0. The molecule has 0 saturated heterocycles. The summed E-state index contributed by atoms with van der Waals surface area (Å²) in [6, 6.07) is 11.1. The predicted octanol–water partition coefficient (Wildman–Crippen LogP) is 3.75. The number of hydrogen-bond donors (Lipinski definition) is 3. The molecule has 0 spiro atoms. The van der Waals surface area contributed by atoms with Crippen molar-refractivity contribution in [2.75, 3.05) is 11.1 Å². The quantitative estimate of drug-likeness (QED) is 0.388. The Labute approximate surface area is 200 Å². The number of carbonyl (C=O) groups is 1. The lowest BCUT2D eigenvalue weighted by Crippen LogP contribution is -2.27. The molecule has 1 aromatic carbocycles. The number of rotatable bonds is 6. The van der Waals surface area contributed by atoms with Crippen LogP contribution in [0, 0.1) is 17.1 Å². The summed E-state index contributed by atoms with van der Waals surface area (Å²) < 4.78 is 14.3. The molecule has 1 aliphatic rings. The zero-order valence-corrected chi connectivity index (χ0v) is 18.8. The molecule has 35 heavy (non-hydrogen) atoms. The number of amides is 1. The fourth-order valence-electron chi connectivity index (χ4n) is 3.95. The minimum Gasteiger partial charge on any atom is -0.382 e. The second-order valence-corrected chi connectivity index (χ2v) is 8.33. The summed E-state index contributed by atoms with van der Waals surface area (Å²) in [6.07, 6.45) is 4.68. The first-order valence-electron chi connectivity index (χ1n) is 11.1. The zero-order valence-electron chi connectivity index (χ0n) is 18.8. The van der Waals surface area contributed by atoms with Gasteiger partial charge in [-0.15, -0.1) is 0 Å². The number of pyridine rings is 2. The molecule has 0 aliphatic heterocycles. The number of nitriles is 1. The number of hydrogen-bond acceptors (Lipinski definition) is 8. The molecule has 1 amide bonds. The van der Waals surface area contributed by atoms with Gasteiger partial charge in [0.05, 0.1) is 28.5 Å². The van der Waals surface area contributed by atoms with Gasteiger partial charge in [0.15, 0.2) is 0 Å². The lowest BCUT2D eigenvalue weighted by atomic mass is 9.94. The second-order valence-electron chi connectivity index (χ2n) is 8.33. The van der Waals surface area contributed by atoms with Crippen molar-refractivity contribution in [2.24, 2.45) is 0 Å². The minimum atomic E-state index is -0.532. The highest BCUT2D eigenvalue weighted by molar-refractivity contribution is 6.12. The summed E-state index contributed by atoms with van der Waals surface area (Å²) in [5.74, 6) is -0.498. The van der Waals surface area contributed by atoms with Gasteiger partial charge < -0.3 is 16.4 Å². The van der Waals surface area contributed by atoms with Gasteiger partial charge >= 0.3 is 0 Å². The molecule has 0 radical (unpaired) electrons. The maximum Gasteiger partial charge on any atom is 0.252 e. The van der Waals surface area contributed by atoms with Crippen LogP contribution in [0.1, 0.15) is 47.4 Å². The van der Waals surface area contributed by atoms with E-state index in [4.69, 9.17) is 10.7 Å². The summed E-state index contributed by atoms with van der Waals surface area (Å²) in [5.41, 5.74) is 8.18. The van der Waals surface area contributed by atoms with Crippen LogP contribution < -0.4 is 16.4 Å². The maximum absolute atomic E-state index is 14.3. The molecule has 1 atom stereocenters. The van der Waals surface area contributed by atoms with Gasteiger partial charge in [0.2, 0.25) is 0 Å². The molecule has 5 rings (SSSR count). The topological polar surface area (TPSA) is 142 Å². The number of nitrogens with two attached hydrogens (primary N) is 1. The van der Waals surface area contributed by atoms with Crippen molar-refractivity contribution < 1.29 is 9.18 Å². The number of halogens is 1. The van der Waals surface area contributed by atoms with Crippen LogP contribution in [0.2, 0.25) is 0 Å². The number of carbonyl (C=O) groups excluding carboxylic acids is 1. The van der Waals surface area contributed by atoms with Gasteiger partial charge in [-0.2, -0.15) is 5.26 Å². The Morgan fingerprint density at radius 3 is 2.77 bits per heavy atom. The SMILES string of the molecule is C[C@H](Nc1ncnc(N)c1C#N)c1nc2ccc(F)cc2c(C(=O)NC2CC2)c1-c1ccccn1. The van der Waals surface area contributed by atoms with Gasteiger partial charge in [-0.05, 0) is 50.1 Å². The summed E-state index contributed by atoms with van der Waals surface area (Å²) >= 11 is 0. The number of anilines is 2. The maximum atomic E-state index is 14.3. The molecule has 1 fully saturated rings. The Morgan fingerprint density at radius 2 is 2.06 bits per heavy atom. The van der Waals surface area contributed by atoms with Crippen molar-refractivity contribution in [2.45, 2.75) is 31.8 Å². The molecule has 174 valence electrons. The summed E-state index contributed by atoms with van der Waals surface area (Å²) in [4.78, 5) is 30.8. The Kier molecular flexibility index (Phi) is 5.66. The van der Waals surface area contributed by atoms with Crippen molar-refractivity contribution in [3.63, 3.8) is 0 Å². The van der Waals surface area contributed by atoms with Crippen LogP contribution >= 0.6 is 0 Å². The van der Waals surface area contributed by atoms with E-state index < -0.39 is 11.9 Å². The first kappa shape index (κ1) is 22.2. The zero-order chi connectivity index (χ0) is 24.5. The average Bonchev–Trinajstić information content (AvgIpc) is 3.67. The highest BCUT2D eigenvalue weighted by Crippen LogP contribution is 2.36. The van der Waals surface area contributed by atoms with Crippen molar-refractivity contribution in [1.29, 1.82) is 5.26 Å². The highest BCUT2D eigenvalue weighted by Gasteiger charge is 2.30. The van der Waals surface area contributed by atoms with Gasteiger partial charge in [-0.25, -0.2) is 19.3 Å². The first-order valence-corrected chi connectivity index (χ1v) is 11.1. The summed E-state index contributed by atoms with van der Waals surface area (Å²) in [6.45, 7) is 1.83. The molecule has 3 heterocycles. The molecule has 0 bridgehead atoms. The molecular weight excluding hydrogens is 447 g/mol. The monoisotopic (exact) mass is 468 g/mol. The highest BCUT2D eigenvalue weighted by atomic mass is 19.1. The first-order chi connectivity index (χ1) is 17.0. The molecule has 1 saturated carbocycles. The molecule has 4 aromatic rings. The van der Waals surface area contributed by atoms with Gasteiger partial charge in [-0.1, -0.05) is 6.07 Å². The Bertz CT molecular complexity index is 1480. The van der Waals surface area contributed by atoms with E-state index in [1.807, 2.05) is 19.1 Å². The number of nitrogens with one attached hydrogen (secondary N) is 2. The van der Waals surface area contributed by atoms with E-state index in [1.165, 1.54) is 18.5 Å². The van der Waals surface area contributed by atoms with Gasteiger partial charge in [0.1, 0.15) is 35.4 Å². The Balaban J connectivity index is 1.74. The largest absolute Gasteiger partial charge is 0.382 e. The van der Waals surface area contributed by atoms with E-state index in [9.17, 15) is 14.4 Å². The normalized spacial score (nSPS) is 13.7. The van der Waals surface area contributed by atoms with Crippen molar-refractivity contribution >= 4 is 28.4 Å². The average molecular weight is 468 g/mol. The van der Waals surface area contributed by atoms with Crippen LogP contribution in [0.5, 0.6) is 0 Å². The van der Waals surface area contributed by atoms with E-state index in [1.54, 1.807) is 24.4 Å². The number of nitrogen functional groups attached to an aromatic ring is 1. The van der Waals surface area contributed by atoms with Crippen LogP contribution in [0.25, 0.3) is 22.2 Å². The third-order valence-electron chi connectivity index (χ3n) is 5.79. The standard InChI is InChI=1S/C25H21FN8O/c1-13(32-24-17(11-27)23(28)30-12-31-24)22-21(19-4-2-3-9-29-19)20(25(35)33-15-6-7-15)16-10-14(26)5-8-18(16)34-22/h2-5,8-10,12-13,15H,6-7H2,1H3,(H,33,35)(H3,28,30,31,32)/t13-/m0/s1. The number of fused-ring (bicyclic) bond motifs is 1. The lowest BCUT2D eigenvalue weighted by Gasteiger charge is -2.22. The van der Waals surface area contributed by atoms with Gasteiger partial charge in [-0.3, -0.25) is 9.78 Å². The van der Waals surface area contributed by atoms with E-state index in [0.717, 1.165) is 12.8 Å². The lowest BCUT2D eigenvalue weighted by molar-refractivity contribution is 0.0953. The smallest absolute Gasteiger partial charge is 0.252 e. The van der Waals surface area contributed by atoms with E-state index in [0.29, 0.717) is 33.4 Å². The summed E-state index contributed by atoms with van der Waals surface area (Å²) in [5, 5.41) is 16.1. The third kappa shape index (κ3) is 4.31. The molecular formula is C25H21FN8O. The Hall–Kier alpha value is -4.65. The van der Waals surface area contributed by atoms with Gasteiger partial charge in [0, 0.05) is 23.2 Å². The van der Waals surface area contributed by atoms with Crippen LogP contribution in [-0.2, 0) is 0 Å². The van der Waals surface area contributed by atoms with Crippen molar-refractivity contribution in [1.82, 2.24) is 25.3 Å². The molecule has 1 aliphatic carbocycles. The molecule has 4 N–H and O–H groups in total. The predicted molar refractivity (Wildman–Crippen MR) is 129 cm³/mol. The molecule has 0 unspecified atom stereocenters. The van der Waals surface area contributed by atoms with Crippen molar-refractivity contribution in [3.8, 4) is 17.3 Å². The number of aromatic nitrogens is 4. The van der Waals surface area contributed by atoms with E-state index in [2.05, 4.69) is 25.6 Å². The Morgan fingerprint density at radius 1 is 1.23 bits per heavy atom.